The third kappa shape index (κ3) is 2.42. The van der Waals surface area contributed by atoms with Crippen LogP contribution in [0.1, 0.15) is 22.3 Å². The zero-order valence-corrected chi connectivity index (χ0v) is 19.5. The molecule has 6 aromatic rings. The Morgan fingerprint density at radius 1 is 0.545 bits per heavy atom. The van der Waals surface area contributed by atoms with Crippen molar-refractivity contribution in [2.24, 2.45) is 0 Å². The van der Waals surface area contributed by atoms with Gasteiger partial charge in [-0.3, -0.25) is 0 Å². The van der Waals surface area contributed by atoms with Crippen molar-refractivity contribution < 1.29 is 0 Å². The Morgan fingerprint density at radius 3 is 2.09 bits per heavy atom. The van der Waals surface area contributed by atoms with Crippen molar-refractivity contribution in [3.8, 4) is 5.69 Å². The van der Waals surface area contributed by atoms with Gasteiger partial charge in [-0.1, -0.05) is 113 Å². The molecular weight excluding hydrogens is 466 g/mol. The summed E-state index contributed by atoms with van der Waals surface area (Å²) in [6, 6.07) is 44.2. The van der Waals surface area contributed by atoms with Crippen LogP contribution >= 0.6 is 15.9 Å². The van der Waals surface area contributed by atoms with Crippen LogP contribution in [0.25, 0.3) is 27.5 Å². The van der Waals surface area contributed by atoms with Crippen LogP contribution in [0.3, 0.4) is 0 Å². The maximum absolute atomic E-state index is 3.76. The highest BCUT2D eigenvalue weighted by molar-refractivity contribution is 9.10. The molecule has 0 fully saturated rings. The number of para-hydroxylation sites is 3. The monoisotopic (exact) mass is 485 g/mol. The average molecular weight is 486 g/mol. The molecular formula is C31H20BrN. The summed E-state index contributed by atoms with van der Waals surface area (Å²) in [6.07, 6.45) is 0. The largest absolute Gasteiger partial charge is 0.309 e. The van der Waals surface area contributed by atoms with E-state index in [9.17, 15) is 0 Å². The molecule has 0 N–H and O–H groups in total. The van der Waals surface area contributed by atoms with Gasteiger partial charge in [-0.25, -0.2) is 0 Å². The minimum atomic E-state index is -0.425. The molecule has 33 heavy (non-hydrogen) atoms. The number of nitrogens with zero attached hydrogens (tertiary/aromatic N) is 1. The lowest BCUT2D eigenvalue weighted by Crippen LogP contribution is -2.35. The first kappa shape index (κ1) is 18.9. The lowest BCUT2D eigenvalue weighted by molar-refractivity contribution is 0.727. The summed E-state index contributed by atoms with van der Waals surface area (Å²) < 4.78 is 3.56. The highest BCUT2D eigenvalue weighted by atomic mass is 79.9. The molecule has 2 heteroatoms. The number of hydrogen-bond acceptors (Lipinski definition) is 0. The Balaban J connectivity index is 1.79. The molecule has 5 aromatic carbocycles. The molecule has 0 saturated carbocycles. The molecule has 0 bridgehead atoms. The van der Waals surface area contributed by atoms with Crippen molar-refractivity contribution >= 4 is 37.7 Å². The molecule has 0 radical (unpaired) electrons. The summed E-state index contributed by atoms with van der Waals surface area (Å²) in [5.74, 6) is 0. The summed E-state index contributed by atoms with van der Waals surface area (Å²) in [5, 5.41) is 2.59. The SMILES string of the molecule is Brc1cccc(C2(c3ccccc3)c3ccccc3-n3c4ccccc4c4cccc2c43)c1. The van der Waals surface area contributed by atoms with Crippen LogP contribution < -0.4 is 0 Å². The van der Waals surface area contributed by atoms with E-state index in [2.05, 4.69) is 142 Å². The fourth-order valence-corrected chi connectivity index (χ4v) is 6.30. The van der Waals surface area contributed by atoms with Crippen LogP contribution in [0, 0.1) is 0 Å². The number of benzene rings is 5. The van der Waals surface area contributed by atoms with E-state index in [1.165, 1.54) is 49.7 Å². The fraction of sp³-hybridized carbons (Fsp3) is 0.0323. The summed E-state index contributed by atoms with van der Waals surface area (Å²) in [6.45, 7) is 0. The summed E-state index contributed by atoms with van der Waals surface area (Å²) in [7, 11) is 0. The van der Waals surface area contributed by atoms with Crippen molar-refractivity contribution in [3.63, 3.8) is 0 Å². The number of halogens is 1. The van der Waals surface area contributed by atoms with Crippen LogP contribution in [-0.4, -0.2) is 4.57 Å². The molecule has 1 aliphatic rings. The van der Waals surface area contributed by atoms with Gasteiger partial charge in [-0.15, -0.1) is 0 Å². The fourth-order valence-electron chi connectivity index (χ4n) is 5.90. The second-order valence-electron chi connectivity index (χ2n) is 8.70. The van der Waals surface area contributed by atoms with E-state index < -0.39 is 5.41 Å². The van der Waals surface area contributed by atoms with Crippen molar-refractivity contribution in [2.45, 2.75) is 5.41 Å². The first-order chi connectivity index (χ1) is 16.3. The zero-order chi connectivity index (χ0) is 22.0. The third-order valence-corrected chi connectivity index (χ3v) is 7.61. The number of aromatic nitrogens is 1. The highest BCUT2D eigenvalue weighted by Crippen LogP contribution is 2.54. The Labute approximate surface area is 201 Å². The van der Waals surface area contributed by atoms with Crippen molar-refractivity contribution in [1.29, 1.82) is 0 Å². The molecule has 1 aromatic heterocycles. The Hall–Kier alpha value is -3.62. The van der Waals surface area contributed by atoms with Gasteiger partial charge in [0.1, 0.15) is 0 Å². The van der Waals surface area contributed by atoms with Crippen LogP contribution in [0.2, 0.25) is 0 Å². The molecule has 0 saturated heterocycles. The maximum atomic E-state index is 3.76. The van der Waals surface area contributed by atoms with Gasteiger partial charge in [-0.05, 0) is 46.5 Å². The van der Waals surface area contributed by atoms with Gasteiger partial charge in [0.25, 0.3) is 0 Å². The van der Waals surface area contributed by atoms with Crippen molar-refractivity contribution in [3.05, 3.63) is 148 Å². The van der Waals surface area contributed by atoms with Crippen LogP contribution in [0.4, 0.5) is 0 Å². The molecule has 0 spiro atoms. The quantitative estimate of drug-likeness (QED) is 0.232. The Morgan fingerprint density at radius 2 is 1.21 bits per heavy atom. The second kappa shape index (κ2) is 6.94. The van der Waals surface area contributed by atoms with Gasteiger partial charge in [0.15, 0.2) is 0 Å². The van der Waals surface area contributed by atoms with E-state index in [1.807, 2.05) is 0 Å². The first-order valence-corrected chi connectivity index (χ1v) is 12.0. The third-order valence-electron chi connectivity index (χ3n) is 7.11. The van der Waals surface area contributed by atoms with Crippen LogP contribution in [0.15, 0.2) is 126 Å². The normalized spacial score (nSPS) is 16.8. The smallest absolute Gasteiger partial charge is 0.0742 e. The molecule has 1 nitrogen and oxygen atoms in total. The highest BCUT2D eigenvalue weighted by Gasteiger charge is 2.45. The van der Waals surface area contributed by atoms with Gasteiger partial charge >= 0.3 is 0 Å². The van der Waals surface area contributed by atoms with Gasteiger partial charge < -0.3 is 4.57 Å². The second-order valence-corrected chi connectivity index (χ2v) is 9.61. The van der Waals surface area contributed by atoms with Crippen LogP contribution in [0.5, 0.6) is 0 Å². The molecule has 0 amide bonds. The van der Waals surface area contributed by atoms with Crippen molar-refractivity contribution in [1.82, 2.24) is 4.57 Å². The Bertz CT molecular complexity index is 1680. The molecule has 2 heterocycles. The van der Waals surface area contributed by atoms with E-state index >= 15 is 0 Å². The predicted octanol–water partition coefficient (Wildman–Crippen LogP) is 8.24. The maximum Gasteiger partial charge on any atom is 0.0742 e. The first-order valence-electron chi connectivity index (χ1n) is 11.2. The van der Waals surface area contributed by atoms with Gasteiger partial charge in [0.2, 0.25) is 0 Å². The van der Waals surface area contributed by atoms with Crippen LogP contribution in [-0.2, 0) is 5.41 Å². The molecule has 1 atom stereocenters. The standard InChI is InChI=1S/C31H20BrN/c32-23-13-8-12-22(20-23)31(21-10-2-1-3-11-21)26-16-5-7-19-29(26)33-28-18-6-4-14-24(28)25-15-9-17-27(31)30(25)33/h1-20H. The lowest BCUT2D eigenvalue weighted by Gasteiger charge is -2.41. The molecule has 0 aliphatic carbocycles. The van der Waals surface area contributed by atoms with Crippen molar-refractivity contribution in [2.75, 3.05) is 0 Å². The van der Waals surface area contributed by atoms with E-state index in [0.29, 0.717) is 0 Å². The minimum absolute atomic E-state index is 0.425. The van der Waals surface area contributed by atoms with Gasteiger partial charge in [-0.2, -0.15) is 0 Å². The van der Waals surface area contributed by atoms with E-state index in [1.54, 1.807) is 0 Å². The zero-order valence-electron chi connectivity index (χ0n) is 17.9. The van der Waals surface area contributed by atoms with E-state index in [0.717, 1.165) is 4.47 Å². The number of hydrogen-bond donors (Lipinski definition) is 0. The topological polar surface area (TPSA) is 4.93 Å². The Kier molecular flexibility index (Phi) is 3.97. The lowest BCUT2D eigenvalue weighted by atomic mass is 9.63. The van der Waals surface area contributed by atoms with Gasteiger partial charge in [0, 0.05) is 15.2 Å². The summed E-state index contributed by atoms with van der Waals surface area (Å²) >= 11 is 3.76. The summed E-state index contributed by atoms with van der Waals surface area (Å²) in [5.41, 5.74) is 8.52. The molecule has 1 unspecified atom stereocenters. The van der Waals surface area contributed by atoms with Gasteiger partial charge in [0.05, 0.1) is 22.1 Å². The predicted molar refractivity (Wildman–Crippen MR) is 140 cm³/mol. The molecule has 1 aliphatic heterocycles. The molecule has 156 valence electrons. The summed E-state index contributed by atoms with van der Waals surface area (Å²) in [4.78, 5) is 0. The van der Waals surface area contributed by atoms with E-state index in [-0.39, 0.29) is 0 Å². The number of fused-ring (bicyclic) bond motifs is 5. The average Bonchev–Trinajstić information content (AvgIpc) is 3.21. The minimum Gasteiger partial charge on any atom is -0.309 e. The van der Waals surface area contributed by atoms with E-state index in [4.69, 9.17) is 0 Å². The number of rotatable bonds is 2. The molecule has 7 rings (SSSR count).